The van der Waals surface area contributed by atoms with Crippen molar-refractivity contribution in [3.63, 3.8) is 0 Å². The number of hydrogen-bond acceptors (Lipinski definition) is 17. The number of imidazole rings is 1. The number of aliphatic hydroxyl groups excluding tert-OH is 5. The summed E-state index contributed by atoms with van der Waals surface area (Å²) in [7, 11) is 1.41. The van der Waals surface area contributed by atoms with Gasteiger partial charge in [-0.05, 0) is 44.5 Å². The summed E-state index contributed by atoms with van der Waals surface area (Å²) < 4.78 is 37.5. The fraction of sp³-hybridized carbons (Fsp3) is 0.490. The Bertz CT molecular complexity index is 2800. The molecule has 3 aliphatic rings. The maximum Gasteiger partial charge on any atom is 0.335 e. The Kier molecular flexibility index (Phi) is 14.2. The Labute approximate surface area is 396 Å². The van der Waals surface area contributed by atoms with Gasteiger partial charge >= 0.3 is 17.7 Å². The molecule has 4 bridgehead atoms. The maximum absolute atomic E-state index is 15.1. The van der Waals surface area contributed by atoms with E-state index in [1.54, 1.807) is 62.6 Å². The van der Waals surface area contributed by atoms with Gasteiger partial charge in [-0.3, -0.25) is 18.8 Å². The SMILES string of the molecule is CO[C@H]1/C=C/O[C@@]2(C)Oc3c(C)c(O)c4c(OC5OC(C(=O)O)C(O)C(O)C5O)c(c5c(nc6cc(C)ccn65)c4c3C2=O)NC(=O)/C(C)=C\C=C\[C@H](C)[C@H](O)[C@@H](C)[C@@H](O)[C@@H](C)[C@H](OC(C)=O)[C@@H]1C. The van der Waals surface area contributed by atoms with Crippen LogP contribution in [0.25, 0.3) is 27.5 Å². The lowest BCUT2D eigenvalue weighted by molar-refractivity contribution is -0.270. The number of fused-ring (bicyclic) bond motifs is 2. The molecule has 5 unspecified atom stereocenters. The van der Waals surface area contributed by atoms with Crippen molar-refractivity contribution in [2.45, 2.75) is 123 Å². The van der Waals surface area contributed by atoms with Gasteiger partial charge in [0.15, 0.2) is 11.9 Å². The highest BCUT2D eigenvalue weighted by Crippen LogP contribution is 2.55. The first-order chi connectivity index (χ1) is 32.4. The molecule has 372 valence electrons. The number of ether oxygens (including phenoxy) is 6. The van der Waals surface area contributed by atoms with E-state index < -0.39 is 120 Å². The van der Waals surface area contributed by atoms with Crippen LogP contribution in [0.2, 0.25) is 0 Å². The van der Waals surface area contributed by atoms with Gasteiger partial charge in [0.25, 0.3) is 11.7 Å². The van der Waals surface area contributed by atoms with Crippen LogP contribution in [0, 0.1) is 37.5 Å². The van der Waals surface area contributed by atoms with E-state index in [2.05, 4.69) is 5.32 Å². The number of esters is 1. The summed E-state index contributed by atoms with van der Waals surface area (Å²) in [5.41, 5.74) is 0.922. The number of anilines is 1. The van der Waals surface area contributed by atoms with Crippen molar-refractivity contribution in [2.24, 2.45) is 23.7 Å². The highest BCUT2D eigenvalue weighted by molar-refractivity contribution is 6.28. The number of amides is 1. The molecule has 1 amide bonds. The quantitative estimate of drug-likeness (QED) is 0.132. The molecule has 1 fully saturated rings. The molecular weight excluding hydrogens is 903 g/mol. The van der Waals surface area contributed by atoms with E-state index in [1.807, 2.05) is 6.92 Å². The van der Waals surface area contributed by atoms with E-state index >= 15 is 4.79 Å². The first-order valence-corrected chi connectivity index (χ1v) is 22.5. The predicted molar refractivity (Wildman–Crippen MR) is 246 cm³/mol. The maximum atomic E-state index is 15.1. The van der Waals surface area contributed by atoms with Crippen molar-refractivity contribution in [1.29, 1.82) is 0 Å². The Morgan fingerprint density at radius 3 is 2.26 bits per heavy atom. The number of phenols is 1. The zero-order chi connectivity index (χ0) is 50.7. The molecule has 0 radical (unpaired) electrons. The number of hydrogen-bond donors (Lipinski definition) is 8. The third-order valence-corrected chi connectivity index (χ3v) is 13.6. The van der Waals surface area contributed by atoms with Gasteiger partial charge in [0.1, 0.15) is 58.3 Å². The third kappa shape index (κ3) is 9.01. The molecule has 0 saturated carbocycles. The number of aliphatic carboxylic acids is 1. The summed E-state index contributed by atoms with van der Waals surface area (Å²) in [6.45, 7) is 14.1. The molecule has 14 atom stereocenters. The van der Waals surface area contributed by atoms with E-state index in [0.717, 1.165) is 5.56 Å². The first-order valence-electron chi connectivity index (χ1n) is 22.5. The molecule has 69 heavy (non-hydrogen) atoms. The van der Waals surface area contributed by atoms with E-state index in [4.69, 9.17) is 33.4 Å². The first kappa shape index (κ1) is 50.7. The number of pyridine rings is 1. The number of carbonyl (C=O) groups excluding carboxylic acids is 3. The molecule has 7 rings (SSSR count). The Morgan fingerprint density at radius 2 is 1.61 bits per heavy atom. The highest BCUT2D eigenvalue weighted by atomic mass is 16.7. The van der Waals surface area contributed by atoms with Crippen molar-refractivity contribution in [2.75, 3.05) is 12.4 Å². The number of nitrogens with one attached hydrogen (secondary N) is 1. The lowest BCUT2D eigenvalue weighted by Gasteiger charge is -2.38. The number of Topliss-reactive ketones (excluding diaryl/α,β-unsaturated/α-hetero) is 1. The van der Waals surface area contributed by atoms with Crippen molar-refractivity contribution in [1.82, 2.24) is 9.38 Å². The minimum Gasteiger partial charge on any atom is -0.507 e. The average Bonchev–Trinajstić information content (AvgIpc) is 3.81. The van der Waals surface area contributed by atoms with Gasteiger partial charge in [0.05, 0.1) is 35.5 Å². The number of aromatic nitrogens is 2. The topological polar surface area (TPSA) is 295 Å². The number of aliphatic hydroxyl groups is 5. The normalized spacial score (nSPS) is 34.2. The molecule has 20 heteroatoms. The molecule has 20 nitrogen and oxygen atoms in total. The van der Waals surface area contributed by atoms with Gasteiger partial charge in [0.2, 0.25) is 6.29 Å². The number of ketones is 1. The number of carboxylic acids is 1. The second kappa shape index (κ2) is 19.3. The molecule has 2 aromatic heterocycles. The molecular formula is C49H59N3O17. The third-order valence-electron chi connectivity index (χ3n) is 13.6. The van der Waals surface area contributed by atoms with Crippen molar-refractivity contribution in [3.8, 4) is 17.2 Å². The number of nitrogens with zero attached hydrogens (tertiary/aromatic N) is 2. The van der Waals surface area contributed by atoms with Crippen LogP contribution in [-0.4, -0.2) is 137 Å². The monoisotopic (exact) mass is 961 g/mol. The molecule has 1 saturated heterocycles. The number of allylic oxidation sites excluding steroid dienone is 2. The van der Waals surface area contributed by atoms with Gasteiger partial charge in [-0.15, -0.1) is 0 Å². The number of benzene rings is 2. The standard InChI is InChI=1S/C49H59N3O17/c1-19-14-16-52-28(18-19)50-32-29-30-37(56)25(7)42-31(29)45(60)49(9,69-42)65-17-15-27(64-10)22(4)41(66-26(8)53)24(6)36(55)23(5)35(54)20(2)12-11-13-21(3)46(61)51-33(34(32)52)43(30)67-48-40(59)38(57)39(58)44(68-48)47(62)63/h11-18,20,22-24,27,35-36,38-41,44,48,54-59H,1-10H3,(H,51,61)(H,62,63)/b12-11+,17-15+,21-13-/t20-,22+,23+,24+,27-,35-,36+,38?,39?,40?,41+,44?,48?,49-/m0/s1. The van der Waals surface area contributed by atoms with Gasteiger partial charge < -0.3 is 69.5 Å². The lowest BCUT2D eigenvalue weighted by atomic mass is 9.78. The Hall–Kier alpha value is -6.13. The van der Waals surface area contributed by atoms with Crippen molar-refractivity contribution in [3.05, 3.63) is 71.2 Å². The number of aromatic hydroxyl groups is 1. The fourth-order valence-corrected chi connectivity index (χ4v) is 9.40. The predicted octanol–water partition coefficient (Wildman–Crippen LogP) is 3.72. The number of carbonyl (C=O) groups is 4. The van der Waals surface area contributed by atoms with Crippen LogP contribution in [0.3, 0.4) is 0 Å². The van der Waals surface area contributed by atoms with Crippen LogP contribution >= 0.6 is 0 Å². The summed E-state index contributed by atoms with van der Waals surface area (Å²) in [4.78, 5) is 59.1. The minimum absolute atomic E-state index is 0.0235. The molecule has 2 aromatic carbocycles. The van der Waals surface area contributed by atoms with Gasteiger partial charge in [-0.25, -0.2) is 9.78 Å². The number of carboxylic acid groups (broad SMARTS) is 1. The van der Waals surface area contributed by atoms with E-state index in [-0.39, 0.29) is 49.9 Å². The molecule has 4 aromatic rings. The number of methoxy groups -OCH3 is 1. The molecule has 8 N–H and O–H groups in total. The Balaban J connectivity index is 1.51. The van der Waals surface area contributed by atoms with E-state index in [0.29, 0.717) is 5.65 Å². The largest absolute Gasteiger partial charge is 0.507 e. The highest BCUT2D eigenvalue weighted by Gasteiger charge is 2.52. The second-order valence-electron chi connectivity index (χ2n) is 18.4. The average molecular weight is 962 g/mol. The Morgan fingerprint density at radius 1 is 0.913 bits per heavy atom. The molecule has 0 aliphatic carbocycles. The summed E-state index contributed by atoms with van der Waals surface area (Å²) in [5.74, 6) is -9.86. The van der Waals surface area contributed by atoms with Crippen LogP contribution in [0.1, 0.15) is 70.0 Å². The van der Waals surface area contributed by atoms with Crippen LogP contribution in [0.4, 0.5) is 5.69 Å². The number of rotatable bonds is 5. The van der Waals surface area contributed by atoms with Crippen molar-refractivity contribution < 1.29 is 83.3 Å². The summed E-state index contributed by atoms with van der Waals surface area (Å²) in [5, 5.41) is 80.5. The van der Waals surface area contributed by atoms with Gasteiger partial charge in [-0.1, -0.05) is 45.9 Å². The number of phenolic OH excluding ortho intramolecular Hbond substituents is 1. The van der Waals surface area contributed by atoms with Crippen LogP contribution < -0.4 is 14.8 Å². The summed E-state index contributed by atoms with van der Waals surface area (Å²) in [6.07, 6.45) is -5.73. The van der Waals surface area contributed by atoms with E-state index in [1.165, 1.54) is 53.2 Å². The summed E-state index contributed by atoms with van der Waals surface area (Å²) >= 11 is 0. The van der Waals surface area contributed by atoms with Crippen LogP contribution in [-0.2, 0) is 33.3 Å². The van der Waals surface area contributed by atoms with Gasteiger partial charge in [0, 0.05) is 67.3 Å². The number of aryl methyl sites for hydroxylation is 1. The van der Waals surface area contributed by atoms with Crippen LogP contribution in [0.15, 0.2) is 54.5 Å². The minimum atomic E-state index is -2.14. The summed E-state index contributed by atoms with van der Waals surface area (Å²) in [6, 6.07) is 3.46. The van der Waals surface area contributed by atoms with Crippen molar-refractivity contribution >= 4 is 56.8 Å². The van der Waals surface area contributed by atoms with E-state index in [9.17, 15) is 50.1 Å². The smallest absolute Gasteiger partial charge is 0.335 e. The zero-order valence-corrected chi connectivity index (χ0v) is 39.7. The zero-order valence-electron chi connectivity index (χ0n) is 39.7. The molecule has 0 spiro atoms. The van der Waals surface area contributed by atoms with Crippen LogP contribution in [0.5, 0.6) is 17.2 Å². The van der Waals surface area contributed by atoms with Gasteiger partial charge in [-0.2, -0.15) is 0 Å². The second-order valence-corrected chi connectivity index (χ2v) is 18.4. The molecule has 3 aliphatic heterocycles. The lowest BCUT2D eigenvalue weighted by Crippen LogP contribution is -2.61. The fourth-order valence-electron chi connectivity index (χ4n) is 9.40. The molecule has 5 heterocycles.